The zero-order valence-corrected chi connectivity index (χ0v) is 18.6. The number of nitrogens with one attached hydrogen (secondary N) is 1. The summed E-state index contributed by atoms with van der Waals surface area (Å²) < 4.78 is 80.3. The molecule has 7 nitrogen and oxygen atoms in total. The van der Waals surface area contributed by atoms with Gasteiger partial charge in [-0.2, -0.15) is 17.6 Å². The molecule has 1 aromatic heterocycles. The second-order valence-electron chi connectivity index (χ2n) is 8.18. The van der Waals surface area contributed by atoms with Crippen LogP contribution in [0.4, 0.5) is 27.6 Å². The average Bonchev–Trinajstić information content (AvgIpc) is 3.01. The molecule has 1 fully saturated rings. The number of nitrogens with two attached hydrogens (primary N) is 1. The highest BCUT2D eigenvalue weighted by Gasteiger charge is 2.65. The van der Waals surface area contributed by atoms with Crippen molar-refractivity contribution in [3.05, 3.63) is 52.9 Å². The second-order valence-corrected chi connectivity index (χ2v) is 8.18. The number of aryl methyl sites for hydroxylation is 1. The molecule has 2 heterocycles. The number of pyridine rings is 1. The molecule has 0 saturated carbocycles. The summed E-state index contributed by atoms with van der Waals surface area (Å²) in [6.45, 7) is 3.51. The Kier molecular flexibility index (Phi) is 6.57. The maximum absolute atomic E-state index is 14.4. The van der Waals surface area contributed by atoms with E-state index < -0.39 is 58.9 Å². The molecule has 1 saturated heterocycles. The fraction of sp³-hybridized carbons (Fsp3) is 0.409. The molecule has 34 heavy (non-hydrogen) atoms. The normalized spacial score (nSPS) is 24.7. The lowest BCUT2D eigenvalue weighted by molar-refractivity contribution is -0.272. The van der Waals surface area contributed by atoms with E-state index in [1.807, 2.05) is 0 Å². The van der Waals surface area contributed by atoms with Gasteiger partial charge in [0.05, 0.1) is 7.11 Å². The smallest absolute Gasteiger partial charge is 0.417 e. The standard InChI is InChI=1S/C22H22F5N3O4/c1-9-7-11(8-14(29-9)19(28)31)30-20(32)18-15(10(2)21(3,34-18)22(25,26)27)12-5-6-13(23)16(24)17(12)33-4/h5-8,10,15,18H,1-4H3,(H2,28,31)(H,29,30,32)/t10-,15-,18-,21+/m0/s1. The zero-order chi connectivity index (χ0) is 25.6. The molecule has 2 amide bonds. The van der Waals surface area contributed by atoms with Crippen LogP contribution in [0.5, 0.6) is 5.75 Å². The molecule has 184 valence electrons. The van der Waals surface area contributed by atoms with Crippen molar-refractivity contribution in [1.82, 2.24) is 4.98 Å². The molecule has 1 aliphatic rings. The Balaban J connectivity index is 2.09. The highest BCUT2D eigenvalue weighted by Crippen LogP contribution is 2.55. The van der Waals surface area contributed by atoms with E-state index in [1.165, 1.54) is 19.9 Å². The SMILES string of the molecule is COc1c([C@H]2[C@@H](C(=O)Nc3cc(C)nc(C(N)=O)c3)O[C@@](C)(C(F)(F)F)[C@H]2C)ccc(F)c1F. The van der Waals surface area contributed by atoms with Crippen molar-refractivity contribution in [3.63, 3.8) is 0 Å². The molecule has 1 aliphatic heterocycles. The number of aromatic nitrogens is 1. The van der Waals surface area contributed by atoms with Gasteiger partial charge in [-0.05, 0) is 32.0 Å². The van der Waals surface area contributed by atoms with E-state index in [-0.39, 0.29) is 16.9 Å². The van der Waals surface area contributed by atoms with E-state index in [1.54, 1.807) is 0 Å². The van der Waals surface area contributed by atoms with Gasteiger partial charge < -0.3 is 20.5 Å². The third kappa shape index (κ3) is 4.29. The number of hydrogen-bond acceptors (Lipinski definition) is 5. The Bertz CT molecular complexity index is 1140. The predicted molar refractivity (Wildman–Crippen MR) is 110 cm³/mol. The number of anilines is 1. The van der Waals surface area contributed by atoms with E-state index in [2.05, 4.69) is 10.3 Å². The van der Waals surface area contributed by atoms with Crippen molar-refractivity contribution in [1.29, 1.82) is 0 Å². The fourth-order valence-electron chi connectivity index (χ4n) is 4.12. The molecule has 0 aliphatic carbocycles. The number of amides is 2. The molecule has 0 bridgehead atoms. The van der Waals surface area contributed by atoms with Crippen LogP contribution in [0.15, 0.2) is 24.3 Å². The first-order chi connectivity index (χ1) is 15.7. The lowest BCUT2D eigenvalue weighted by Gasteiger charge is -2.32. The number of methoxy groups -OCH3 is 1. The lowest BCUT2D eigenvalue weighted by atomic mass is 9.77. The number of carbonyl (C=O) groups excluding carboxylic acids is 2. The van der Waals surface area contributed by atoms with Gasteiger partial charge in [-0.3, -0.25) is 9.59 Å². The van der Waals surface area contributed by atoms with E-state index in [4.69, 9.17) is 15.2 Å². The maximum atomic E-state index is 14.4. The van der Waals surface area contributed by atoms with Crippen LogP contribution >= 0.6 is 0 Å². The molecule has 4 atom stereocenters. The number of ether oxygens (including phenoxy) is 2. The number of halogens is 5. The highest BCUT2D eigenvalue weighted by atomic mass is 19.4. The van der Waals surface area contributed by atoms with Crippen molar-refractivity contribution >= 4 is 17.5 Å². The number of benzene rings is 1. The Hall–Kier alpha value is -3.28. The van der Waals surface area contributed by atoms with Crippen molar-refractivity contribution < 1.29 is 41.0 Å². The quantitative estimate of drug-likeness (QED) is 0.624. The van der Waals surface area contributed by atoms with Crippen molar-refractivity contribution in [2.24, 2.45) is 11.7 Å². The van der Waals surface area contributed by atoms with Gasteiger partial charge in [-0.15, -0.1) is 0 Å². The van der Waals surface area contributed by atoms with E-state index in [0.29, 0.717) is 5.69 Å². The monoisotopic (exact) mass is 487 g/mol. The van der Waals surface area contributed by atoms with Crippen LogP contribution < -0.4 is 15.8 Å². The van der Waals surface area contributed by atoms with Crippen LogP contribution in [-0.2, 0) is 9.53 Å². The van der Waals surface area contributed by atoms with Crippen LogP contribution in [0, 0.1) is 24.5 Å². The van der Waals surface area contributed by atoms with Crippen molar-refractivity contribution in [2.45, 2.75) is 44.6 Å². The topological polar surface area (TPSA) is 104 Å². The maximum Gasteiger partial charge on any atom is 0.417 e. The summed E-state index contributed by atoms with van der Waals surface area (Å²) in [7, 11) is 1.03. The van der Waals surface area contributed by atoms with Crippen LogP contribution in [0.25, 0.3) is 0 Å². The van der Waals surface area contributed by atoms with Gasteiger partial charge in [0, 0.05) is 28.8 Å². The molecule has 3 rings (SSSR count). The summed E-state index contributed by atoms with van der Waals surface area (Å²) in [4.78, 5) is 28.5. The number of nitrogens with zero attached hydrogens (tertiary/aromatic N) is 1. The molecule has 2 aromatic rings. The molecular weight excluding hydrogens is 465 g/mol. The largest absolute Gasteiger partial charge is 0.493 e. The van der Waals surface area contributed by atoms with Gasteiger partial charge in [-0.1, -0.05) is 13.0 Å². The summed E-state index contributed by atoms with van der Waals surface area (Å²) in [6.07, 6.45) is -6.66. The van der Waals surface area contributed by atoms with Crippen molar-refractivity contribution in [2.75, 3.05) is 12.4 Å². The minimum Gasteiger partial charge on any atom is -0.493 e. The van der Waals surface area contributed by atoms with Gasteiger partial charge in [0.1, 0.15) is 11.8 Å². The summed E-state index contributed by atoms with van der Waals surface area (Å²) in [6, 6.07) is 4.33. The van der Waals surface area contributed by atoms with Gasteiger partial charge in [0.25, 0.3) is 11.8 Å². The van der Waals surface area contributed by atoms with E-state index in [0.717, 1.165) is 32.2 Å². The summed E-state index contributed by atoms with van der Waals surface area (Å²) in [5.74, 6) is -7.93. The van der Waals surface area contributed by atoms with Crippen LogP contribution in [-0.4, -0.2) is 41.8 Å². The van der Waals surface area contributed by atoms with E-state index >= 15 is 0 Å². The number of carbonyl (C=O) groups is 2. The lowest BCUT2D eigenvalue weighted by Crippen LogP contribution is -2.47. The Labute approximate surface area is 191 Å². The predicted octanol–water partition coefficient (Wildman–Crippen LogP) is 3.85. The summed E-state index contributed by atoms with van der Waals surface area (Å²) >= 11 is 0. The van der Waals surface area contributed by atoms with Crippen LogP contribution in [0.3, 0.4) is 0 Å². The third-order valence-corrected chi connectivity index (χ3v) is 6.04. The number of primary amides is 1. The Morgan fingerprint density at radius 2 is 1.88 bits per heavy atom. The minimum absolute atomic E-state index is 0.0409. The highest BCUT2D eigenvalue weighted by molar-refractivity contribution is 5.97. The molecule has 0 radical (unpaired) electrons. The van der Waals surface area contributed by atoms with Crippen molar-refractivity contribution in [3.8, 4) is 5.75 Å². The van der Waals surface area contributed by atoms with Crippen LogP contribution in [0.1, 0.15) is 41.5 Å². The van der Waals surface area contributed by atoms with Crippen LogP contribution in [0.2, 0.25) is 0 Å². The van der Waals surface area contributed by atoms with Gasteiger partial charge in [0.2, 0.25) is 5.82 Å². The molecule has 1 aromatic carbocycles. The Morgan fingerprint density at radius 1 is 1.24 bits per heavy atom. The second kappa shape index (κ2) is 8.82. The number of rotatable bonds is 5. The average molecular weight is 487 g/mol. The van der Waals surface area contributed by atoms with Gasteiger partial charge >= 0.3 is 6.18 Å². The first kappa shape index (κ1) is 25.3. The minimum atomic E-state index is -4.89. The molecule has 12 heteroatoms. The zero-order valence-electron chi connectivity index (χ0n) is 18.6. The molecule has 3 N–H and O–H groups in total. The first-order valence-corrected chi connectivity index (χ1v) is 10.1. The molecule has 0 unspecified atom stereocenters. The first-order valence-electron chi connectivity index (χ1n) is 10.1. The molecular formula is C22H22F5N3O4. The van der Waals surface area contributed by atoms with Gasteiger partial charge in [0.15, 0.2) is 17.2 Å². The number of hydrogen-bond donors (Lipinski definition) is 2. The Morgan fingerprint density at radius 3 is 2.44 bits per heavy atom. The third-order valence-electron chi connectivity index (χ3n) is 6.04. The summed E-state index contributed by atoms with van der Waals surface area (Å²) in [5.41, 5.74) is 2.45. The molecule has 0 spiro atoms. The number of alkyl halides is 3. The summed E-state index contributed by atoms with van der Waals surface area (Å²) in [5, 5.41) is 2.41. The fourth-order valence-corrected chi connectivity index (χ4v) is 4.12. The van der Waals surface area contributed by atoms with Gasteiger partial charge in [-0.25, -0.2) is 9.37 Å². The van der Waals surface area contributed by atoms with E-state index in [9.17, 15) is 31.5 Å².